The van der Waals surface area contributed by atoms with Crippen molar-refractivity contribution in [2.24, 2.45) is 0 Å². The third-order valence-electron chi connectivity index (χ3n) is 3.68. The summed E-state index contributed by atoms with van der Waals surface area (Å²) in [6.07, 6.45) is 1.57. The number of ether oxygens (including phenoxy) is 2. The minimum Gasteiger partial charge on any atom is -0.497 e. The van der Waals surface area contributed by atoms with Crippen molar-refractivity contribution in [3.8, 4) is 11.5 Å². The lowest BCUT2D eigenvalue weighted by Crippen LogP contribution is -2.14. The summed E-state index contributed by atoms with van der Waals surface area (Å²) >= 11 is 5.98. The maximum Gasteiger partial charge on any atom is 0.276 e. The van der Waals surface area contributed by atoms with Gasteiger partial charge in [0.15, 0.2) is 12.4 Å². The third-order valence-corrected chi connectivity index (χ3v) is 3.97. The van der Waals surface area contributed by atoms with E-state index in [-0.39, 0.29) is 34.8 Å². The number of rotatable bonds is 7. The van der Waals surface area contributed by atoms with Crippen LogP contribution in [0, 0.1) is 10.1 Å². The quantitative estimate of drug-likeness (QED) is 0.476. The van der Waals surface area contributed by atoms with Crippen LogP contribution in [0.15, 0.2) is 54.7 Å². The smallest absolute Gasteiger partial charge is 0.276 e. The SMILES string of the molecule is COc1cccc(NC(=O)c2ccn(COc3ccc([N+](=O)[O-])cc3Cl)n2)c1. The number of nitro groups is 1. The number of hydrogen-bond donors (Lipinski definition) is 1. The van der Waals surface area contributed by atoms with Crippen molar-refractivity contribution in [1.29, 1.82) is 0 Å². The van der Waals surface area contributed by atoms with Crippen LogP contribution in [0.2, 0.25) is 5.02 Å². The second-order valence-electron chi connectivity index (χ2n) is 5.57. The molecule has 0 aliphatic rings. The monoisotopic (exact) mass is 402 g/mol. The number of hydrogen-bond acceptors (Lipinski definition) is 6. The summed E-state index contributed by atoms with van der Waals surface area (Å²) in [5.74, 6) is 0.502. The van der Waals surface area contributed by atoms with E-state index in [9.17, 15) is 14.9 Å². The van der Waals surface area contributed by atoms with Gasteiger partial charge in [-0.3, -0.25) is 14.9 Å². The van der Waals surface area contributed by atoms with Gasteiger partial charge in [-0.15, -0.1) is 0 Å². The van der Waals surface area contributed by atoms with E-state index in [1.807, 2.05) is 0 Å². The van der Waals surface area contributed by atoms with Gasteiger partial charge in [-0.25, -0.2) is 4.68 Å². The Morgan fingerprint density at radius 2 is 2.11 bits per heavy atom. The van der Waals surface area contributed by atoms with E-state index in [1.165, 1.54) is 28.9 Å². The molecule has 0 saturated carbocycles. The molecule has 0 atom stereocenters. The van der Waals surface area contributed by atoms with Crippen molar-refractivity contribution in [2.75, 3.05) is 12.4 Å². The van der Waals surface area contributed by atoms with Gasteiger partial charge in [-0.1, -0.05) is 17.7 Å². The van der Waals surface area contributed by atoms with E-state index in [2.05, 4.69) is 10.4 Å². The summed E-state index contributed by atoms with van der Waals surface area (Å²) in [4.78, 5) is 22.5. The first-order chi connectivity index (χ1) is 13.5. The predicted molar refractivity (Wildman–Crippen MR) is 102 cm³/mol. The summed E-state index contributed by atoms with van der Waals surface area (Å²) in [5.41, 5.74) is 0.641. The molecular weight excluding hydrogens is 388 g/mol. The molecule has 0 unspecified atom stereocenters. The molecule has 9 nitrogen and oxygen atoms in total. The van der Waals surface area contributed by atoms with Crippen molar-refractivity contribution < 1.29 is 19.2 Å². The highest BCUT2D eigenvalue weighted by Gasteiger charge is 2.12. The molecule has 0 saturated heterocycles. The van der Waals surface area contributed by atoms with Crippen LogP contribution in [0.25, 0.3) is 0 Å². The first-order valence-corrected chi connectivity index (χ1v) is 8.39. The zero-order chi connectivity index (χ0) is 20.1. The van der Waals surface area contributed by atoms with Crippen molar-refractivity contribution in [1.82, 2.24) is 9.78 Å². The molecule has 1 amide bonds. The number of nitrogens with one attached hydrogen (secondary N) is 1. The fourth-order valence-corrected chi connectivity index (χ4v) is 2.54. The van der Waals surface area contributed by atoms with Crippen LogP contribution < -0.4 is 14.8 Å². The number of benzene rings is 2. The molecule has 1 aromatic heterocycles. The Hall–Kier alpha value is -3.59. The maximum absolute atomic E-state index is 12.3. The standard InChI is InChI=1S/C18H15ClN4O5/c1-27-14-4-2-3-12(9-14)20-18(24)16-7-8-22(21-16)11-28-17-6-5-13(23(25)26)10-15(17)19/h2-10H,11H2,1H3,(H,20,24). The highest BCUT2D eigenvalue weighted by molar-refractivity contribution is 6.32. The van der Waals surface area contributed by atoms with Crippen LogP contribution >= 0.6 is 11.6 Å². The van der Waals surface area contributed by atoms with Gasteiger partial charge in [0.1, 0.15) is 11.5 Å². The van der Waals surface area contributed by atoms with E-state index in [4.69, 9.17) is 21.1 Å². The molecule has 2 aromatic carbocycles. The maximum atomic E-state index is 12.3. The van der Waals surface area contributed by atoms with Crippen molar-refractivity contribution >= 4 is 28.9 Å². The molecule has 1 N–H and O–H groups in total. The van der Waals surface area contributed by atoms with Crippen molar-refractivity contribution in [3.05, 3.63) is 75.6 Å². The van der Waals surface area contributed by atoms with Crippen LogP contribution in [-0.4, -0.2) is 27.7 Å². The zero-order valence-electron chi connectivity index (χ0n) is 14.7. The van der Waals surface area contributed by atoms with Gasteiger partial charge in [0.2, 0.25) is 0 Å². The Morgan fingerprint density at radius 1 is 1.29 bits per heavy atom. The van der Waals surface area contributed by atoms with Crippen molar-refractivity contribution in [3.63, 3.8) is 0 Å². The molecule has 0 bridgehead atoms. The largest absolute Gasteiger partial charge is 0.497 e. The van der Waals surface area contributed by atoms with E-state index in [0.29, 0.717) is 11.4 Å². The second kappa shape index (κ2) is 8.40. The fourth-order valence-electron chi connectivity index (χ4n) is 2.31. The normalized spacial score (nSPS) is 10.4. The van der Waals surface area contributed by atoms with Gasteiger partial charge >= 0.3 is 0 Å². The van der Waals surface area contributed by atoms with E-state index in [1.54, 1.807) is 37.6 Å². The Kier molecular flexibility index (Phi) is 5.75. The number of non-ortho nitro benzene ring substituents is 1. The molecule has 0 radical (unpaired) electrons. The third kappa shape index (κ3) is 4.57. The second-order valence-corrected chi connectivity index (χ2v) is 5.98. The Bertz CT molecular complexity index is 1020. The molecule has 0 aliphatic heterocycles. The summed E-state index contributed by atoms with van der Waals surface area (Å²) in [6.45, 7) is -0.0238. The first-order valence-electron chi connectivity index (χ1n) is 8.02. The summed E-state index contributed by atoms with van der Waals surface area (Å²) in [5, 5.41) is 17.7. The van der Waals surface area contributed by atoms with Crippen molar-refractivity contribution in [2.45, 2.75) is 6.73 Å². The molecule has 3 aromatic rings. The average Bonchev–Trinajstić information content (AvgIpc) is 3.16. The Balaban J connectivity index is 1.62. The average molecular weight is 403 g/mol. The topological polar surface area (TPSA) is 109 Å². The van der Waals surface area contributed by atoms with Gasteiger partial charge in [0, 0.05) is 30.1 Å². The fraction of sp³-hybridized carbons (Fsp3) is 0.111. The van der Waals surface area contributed by atoms with Gasteiger partial charge in [0.05, 0.1) is 17.1 Å². The molecule has 0 aliphatic carbocycles. The molecule has 28 heavy (non-hydrogen) atoms. The van der Waals surface area contributed by atoms with Crippen LogP contribution in [0.5, 0.6) is 11.5 Å². The first kappa shape index (κ1) is 19.2. The van der Waals surface area contributed by atoms with E-state index < -0.39 is 4.92 Å². The minimum atomic E-state index is -0.545. The summed E-state index contributed by atoms with van der Waals surface area (Å²) < 4.78 is 12.0. The van der Waals surface area contributed by atoms with E-state index in [0.717, 1.165) is 0 Å². The lowest BCUT2D eigenvalue weighted by molar-refractivity contribution is -0.384. The van der Waals surface area contributed by atoms with Crippen LogP contribution in [0.3, 0.4) is 0 Å². The number of anilines is 1. The number of aromatic nitrogens is 2. The van der Waals surface area contributed by atoms with Gasteiger partial charge < -0.3 is 14.8 Å². The van der Waals surface area contributed by atoms with Gasteiger partial charge in [0.25, 0.3) is 11.6 Å². The molecular formula is C18H15ClN4O5. The Labute approximate surface area is 164 Å². The molecule has 3 rings (SSSR count). The molecule has 0 fully saturated rings. The van der Waals surface area contributed by atoms with E-state index >= 15 is 0 Å². The van der Waals surface area contributed by atoms with Crippen LogP contribution in [0.4, 0.5) is 11.4 Å². The van der Waals surface area contributed by atoms with Gasteiger partial charge in [-0.05, 0) is 24.3 Å². The number of nitro benzene ring substituents is 1. The lowest BCUT2D eigenvalue weighted by Gasteiger charge is -2.08. The van der Waals surface area contributed by atoms with Gasteiger partial charge in [-0.2, -0.15) is 5.10 Å². The number of carbonyl (C=O) groups excluding carboxylic acids is 1. The summed E-state index contributed by atoms with van der Waals surface area (Å²) in [6, 6.07) is 12.4. The zero-order valence-corrected chi connectivity index (χ0v) is 15.4. The highest BCUT2D eigenvalue weighted by atomic mass is 35.5. The molecule has 144 valence electrons. The molecule has 0 spiro atoms. The number of carbonyl (C=O) groups is 1. The summed E-state index contributed by atoms with van der Waals surface area (Å²) in [7, 11) is 1.54. The highest BCUT2D eigenvalue weighted by Crippen LogP contribution is 2.28. The predicted octanol–water partition coefficient (Wildman–Crippen LogP) is 3.74. The Morgan fingerprint density at radius 3 is 2.82 bits per heavy atom. The molecule has 10 heteroatoms. The van der Waals surface area contributed by atoms with Crippen LogP contribution in [-0.2, 0) is 6.73 Å². The van der Waals surface area contributed by atoms with Crippen LogP contribution in [0.1, 0.15) is 10.5 Å². The number of amides is 1. The molecule has 1 heterocycles. The number of nitrogens with zero attached hydrogens (tertiary/aromatic N) is 3. The lowest BCUT2D eigenvalue weighted by atomic mass is 10.3. The minimum absolute atomic E-state index is 0.0238. The number of halogens is 1. The number of methoxy groups -OCH3 is 1.